The SMILES string of the molecule is COc1ccc(CO[C@@H]2[C@@H](O)[C@H](C)O[C@@H](O)[C@@H]2OC(C)=O)cc1. The van der Waals surface area contributed by atoms with E-state index in [-0.39, 0.29) is 6.61 Å². The summed E-state index contributed by atoms with van der Waals surface area (Å²) in [6, 6.07) is 7.23. The molecule has 5 atom stereocenters. The number of carbonyl (C=O) groups excluding carboxylic acids is 1. The number of carbonyl (C=O) groups is 1. The van der Waals surface area contributed by atoms with Gasteiger partial charge in [-0.2, -0.15) is 0 Å². The van der Waals surface area contributed by atoms with Crippen LogP contribution < -0.4 is 4.74 Å². The maximum Gasteiger partial charge on any atom is 0.303 e. The predicted molar refractivity (Wildman–Crippen MR) is 79.7 cm³/mol. The minimum Gasteiger partial charge on any atom is -0.497 e. The van der Waals surface area contributed by atoms with E-state index in [0.717, 1.165) is 11.3 Å². The topological polar surface area (TPSA) is 94.5 Å². The molecule has 7 nitrogen and oxygen atoms in total. The van der Waals surface area contributed by atoms with Gasteiger partial charge in [0.15, 0.2) is 12.4 Å². The highest BCUT2D eigenvalue weighted by molar-refractivity contribution is 5.66. The van der Waals surface area contributed by atoms with Gasteiger partial charge in [0.1, 0.15) is 18.0 Å². The van der Waals surface area contributed by atoms with E-state index in [1.807, 2.05) is 12.1 Å². The maximum absolute atomic E-state index is 11.2. The molecule has 23 heavy (non-hydrogen) atoms. The number of ether oxygens (including phenoxy) is 4. The second-order valence-electron chi connectivity index (χ2n) is 5.42. The highest BCUT2D eigenvalue weighted by Gasteiger charge is 2.45. The molecule has 0 aromatic heterocycles. The summed E-state index contributed by atoms with van der Waals surface area (Å²) in [5, 5.41) is 20.2. The van der Waals surface area contributed by atoms with Crippen molar-refractivity contribution in [3.05, 3.63) is 29.8 Å². The van der Waals surface area contributed by atoms with Crippen LogP contribution in [0.1, 0.15) is 19.4 Å². The van der Waals surface area contributed by atoms with E-state index < -0.39 is 36.7 Å². The third kappa shape index (κ3) is 4.42. The number of hydrogen-bond donors (Lipinski definition) is 2. The minimum absolute atomic E-state index is 0.183. The van der Waals surface area contributed by atoms with E-state index in [2.05, 4.69) is 0 Å². The van der Waals surface area contributed by atoms with Crippen LogP contribution in [0.15, 0.2) is 24.3 Å². The van der Waals surface area contributed by atoms with Gasteiger partial charge in [-0.05, 0) is 24.6 Å². The van der Waals surface area contributed by atoms with Crippen molar-refractivity contribution in [3.8, 4) is 5.75 Å². The van der Waals surface area contributed by atoms with Crippen molar-refractivity contribution < 1.29 is 34.0 Å². The van der Waals surface area contributed by atoms with Gasteiger partial charge in [-0.25, -0.2) is 0 Å². The summed E-state index contributed by atoms with van der Waals surface area (Å²) in [5.74, 6) is 0.138. The lowest BCUT2D eigenvalue weighted by molar-refractivity contribution is -0.291. The molecule has 0 unspecified atom stereocenters. The molecule has 0 spiro atoms. The van der Waals surface area contributed by atoms with Gasteiger partial charge in [0.05, 0.1) is 19.8 Å². The fourth-order valence-electron chi connectivity index (χ4n) is 2.43. The van der Waals surface area contributed by atoms with Gasteiger partial charge >= 0.3 is 5.97 Å². The highest BCUT2D eigenvalue weighted by atomic mass is 16.7. The van der Waals surface area contributed by atoms with Crippen LogP contribution in [0.3, 0.4) is 0 Å². The van der Waals surface area contributed by atoms with E-state index >= 15 is 0 Å². The average Bonchev–Trinajstić information content (AvgIpc) is 2.52. The van der Waals surface area contributed by atoms with E-state index in [9.17, 15) is 15.0 Å². The van der Waals surface area contributed by atoms with Crippen molar-refractivity contribution in [3.63, 3.8) is 0 Å². The Morgan fingerprint density at radius 1 is 1.22 bits per heavy atom. The van der Waals surface area contributed by atoms with Crippen molar-refractivity contribution in [2.75, 3.05) is 7.11 Å². The molecular weight excluding hydrogens is 304 g/mol. The minimum atomic E-state index is -1.35. The lowest BCUT2D eigenvalue weighted by Crippen LogP contribution is -2.58. The van der Waals surface area contributed by atoms with Crippen molar-refractivity contribution >= 4 is 5.97 Å². The van der Waals surface area contributed by atoms with Crippen LogP contribution in [0, 0.1) is 0 Å². The predicted octanol–water partition coefficient (Wildman–Crippen LogP) is 0.610. The van der Waals surface area contributed by atoms with Gasteiger partial charge < -0.3 is 29.2 Å². The number of aliphatic hydroxyl groups is 2. The third-order valence-corrected chi connectivity index (χ3v) is 3.68. The standard InChI is InChI=1S/C16H22O7/c1-9-13(18)14(15(16(19)22-9)23-10(2)17)21-8-11-4-6-12(20-3)7-5-11/h4-7,9,13-16,18-19H,8H2,1-3H3/t9-,13-,14+,15+,16+/m0/s1. The fourth-order valence-corrected chi connectivity index (χ4v) is 2.43. The second-order valence-corrected chi connectivity index (χ2v) is 5.42. The summed E-state index contributed by atoms with van der Waals surface area (Å²) in [5.41, 5.74) is 0.855. The summed E-state index contributed by atoms with van der Waals surface area (Å²) in [4.78, 5) is 11.2. The van der Waals surface area contributed by atoms with Crippen LogP contribution in [0.2, 0.25) is 0 Å². The molecule has 1 heterocycles. The number of benzene rings is 1. The molecule has 1 saturated heterocycles. The number of hydrogen-bond acceptors (Lipinski definition) is 7. The largest absolute Gasteiger partial charge is 0.497 e. The molecule has 7 heteroatoms. The lowest BCUT2D eigenvalue weighted by Gasteiger charge is -2.40. The average molecular weight is 326 g/mol. The van der Waals surface area contributed by atoms with Gasteiger partial charge in [0.25, 0.3) is 0 Å². The summed E-state index contributed by atoms with van der Waals surface area (Å²) >= 11 is 0. The molecule has 128 valence electrons. The normalized spacial score (nSPS) is 30.7. The fraction of sp³-hybridized carbons (Fsp3) is 0.562. The van der Waals surface area contributed by atoms with Crippen molar-refractivity contribution in [2.24, 2.45) is 0 Å². The molecule has 0 amide bonds. The Labute approximate surface area is 134 Å². The molecule has 0 bridgehead atoms. The molecule has 1 fully saturated rings. The molecule has 0 radical (unpaired) electrons. The molecule has 0 saturated carbocycles. The summed E-state index contributed by atoms with van der Waals surface area (Å²) < 4.78 is 21.0. The number of methoxy groups -OCH3 is 1. The number of esters is 1. The Morgan fingerprint density at radius 2 is 1.87 bits per heavy atom. The Morgan fingerprint density at radius 3 is 2.43 bits per heavy atom. The molecule has 1 aromatic rings. The van der Waals surface area contributed by atoms with Crippen molar-refractivity contribution in [2.45, 2.75) is 51.2 Å². The molecule has 0 aliphatic carbocycles. The number of aliphatic hydroxyl groups excluding tert-OH is 2. The molecule has 1 aliphatic rings. The zero-order chi connectivity index (χ0) is 17.0. The van der Waals surface area contributed by atoms with Crippen LogP contribution in [-0.2, 0) is 25.6 Å². The Bertz CT molecular complexity index is 516. The van der Waals surface area contributed by atoms with Crippen LogP contribution in [0.25, 0.3) is 0 Å². The Kier molecular flexibility index (Phi) is 5.95. The van der Waals surface area contributed by atoms with Gasteiger partial charge in [-0.3, -0.25) is 4.79 Å². The Balaban J connectivity index is 2.06. The summed E-state index contributed by atoms with van der Waals surface area (Å²) in [6.07, 6.45) is -4.99. The molecular formula is C16H22O7. The van der Waals surface area contributed by atoms with E-state index in [0.29, 0.717) is 0 Å². The van der Waals surface area contributed by atoms with Crippen LogP contribution in [-0.4, -0.2) is 54.0 Å². The first-order valence-corrected chi connectivity index (χ1v) is 7.35. The van der Waals surface area contributed by atoms with E-state index in [4.69, 9.17) is 18.9 Å². The first-order chi connectivity index (χ1) is 10.9. The third-order valence-electron chi connectivity index (χ3n) is 3.68. The molecule has 1 aromatic carbocycles. The van der Waals surface area contributed by atoms with Crippen LogP contribution >= 0.6 is 0 Å². The Hall–Kier alpha value is -1.67. The van der Waals surface area contributed by atoms with Gasteiger partial charge in [0, 0.05) is 6.92 Å². The summed E-state index contributed by atoms with van der Waals surface area (Å²) in [6.45, 7) is 3.02. The quantitative estimate of drug-likeness (QED) is 0.766. The zero-order valence-corrected chi connectivity index (χ0v) is 13.3. The lowest BCUT2D eigenvalue weighted by atomic mass is 9.99. The van der Waals surface area contributed by atoms with Crippen molar-refractivity contribution in [1.29, 1.82) is 0 Å². The molecule has 2 rings (SSSR count). The first kappa shape index (κ1) is 17.7. The van der Waals surface area contributed by atoms with Gasteiger partial charge in [-0.15, -0.1) is 0 Å². The summed E-state index contributed by atoms with van der Waals surface area (Å²) in [7, 11) is 1.58. The van der Waals surface area contributed by atoms with Gasteiger partial charge in [0.2, 0.25) is 0 Å². The molecule has 1 aliphatic heterocycles. The maximum atomic E-state index is 11.2. The van der Waals surface area contributed by atoms with E-state index in [1.165, 1.54) is 6.92 Å². The highest BCUT2D eigenvalue weighted by Crippen LogP contribution is 2.26. The van der Waals surface area contributed by atoms with Gasteiger partial charge in [-0.1, -0.05) is 12.1 Å². The van der Waals surface area contributed by atoms with Crippen LogP contribution in [0.4, 0.5) is 0 Å². The van der Waals surface area contributed by atoms with E-state index in [1.54, 1.807) is 26.2 Å². The van der Waals surface area contributed by atoms with Crippen molar-refractivity contribution in [1.82, 2.24) is 0 Å². The zero-order valence-electron chi connectivity index (χ0n) is 13.3. The van der Waals surface area contributed by atoms with Crippen LogP contribution in [0.5, 0.6) is 5.75 Å². The second kappa shape index (κ2) is 7.74. The molecule has 2 N–H and O–H groups in total. The monoisotopic (exact) mass is 326 g/mol. The number of rotatable bonds is 5. The smallest absolute Gasteiger partial charge is 0.303 e. The first-order valence-electron chi connectivity index (χ1n) is 7.35.